The Balaban J connectivity index is 2.36. The number of hydrogen-bond donors (Lipinski definition) is 3. The van der Waals surface area contributed by atoms with E-state index in [0.29, 0.717) is 23.0 Å². The van der Waals surface area contributed by atoms with Crippen LogP contribution in [0.25, 0.3) is 16.7 Å². The van der Waals surface area contributed by atoms with Gasteiger partial charge in [0.1, 0.15) is 5.84 Å². The summed E-state index contributed by atoms with van der Waals surface area (Å²) in [6.45, 7) is 12.0. The highest BCUT2D eigenvalue weighted by atomic mass is 32.1. The third-order valence-corrected chi connectivity index (χ3v) is 5.69. The minimum Gasteiger partial charge on any atom is -0.326 e. The number of aryl methyl sites for hydroxylation is 1. The number of thiol groups is 1. The van der Waals surface area contributed by atoms with Crippen molar-refractivity contribution in [3.63, 3.8) is 0 Å². The maximum Gasteiger partial charge on any atom is 0.125 e. The average Bonchev–Trinajstić information content (AvgIpc) is 2.72. The van der Waals surface area contributed by atoms with Crippen molar-refractivity contribution in [2.75, 3.05) is 7.05 Å². The Morgan fingerprint density at radius 3 is 2.21 bits per heavy atom. The summed E-state index contributed by atoms with van der Waals surface area (Å²) in [6.07, 6.45) is 0.684. The van der Waals surface area contributed by atoms with Crippen LogP contribution in [-0.2, 0) is 0 Å². The predicted octanol–water partition coefficient (Wildman–Crippen LogP) is 5.84. The van der Waals surface area contributed by atoms with E-state index in [9.17, 15) is 0 Å². The summed E-state index contributed by atoms with van der Waals surface area (Å²) in [5.74, 6) is 6.02. The number of nitrogens with one attached hydrogen (secondary N) is 1. The molecular weight excluding hydrogens is 376 g/mol. The molecule has 3 N–H and O–H groups in total. The van der Waals surface area contributed by atoms with Gasteiger partial charge in [0.2, 0.25) is 0 Å². The predicted molar refractivity (Wildman–Crippen MR) is 130 cm³/mol. The van der Waals surface area contributed by atoms with E-state index >= 15 is 0 Å². The molecule has 0 saturated carbocycles. The first-order valence-electron chi connectivity index (χ1n) is 9.57. The number of nitrogens with two attached hydrogens (primary N) is 1. The molecule has 0 aliphatic carbocycles. The number of rotatable bonds is 6. The first-order chi connectivity index (χ1) is 13.7. The van der Waals surface area contributed by atoms with Crippen molar-refractivity contribution in [1.29, 1.82) is 5.41 Å². The lowest BCUT2D eigenvalue weighted by atomic mass is 9.94. The highest BCUT2D eigenvalue weighted by Crippen LogP contribution is 2.28. The van der Waals surface area contributed by atoms with Gasteiger partial charge in [0.25, 0.3) is 0 Å². The van der Waals surface area contributed by atoms with E-state index < -0.39 is 0 Å². The zero-order valence-electron chi connectivity index (χ0n) is 17.9. The van der Waals surface area contributed by atoms with E-state index in [1.54, 1.807) is 4.90 Å². The smallest absolute Gasteiger partial charge is 0.125 e. The van der Waals surface area contributed by atoms with Gasteiger partial charge in [0, 0.05) is 12.6 Å². The first kappa shape index (κ1) is 22.5. The van der Waals surface area contributed by atoms with Crippen molar-refractivity contribution >= 4 is 29.7 Å². The van der Waals surface area contributed by atoms with Crippen LogP contribution in [0.2, 0.25) is 0 Å². The Morgan fingerprint density at radius 1 is 1.14 bits per heavy atom. The normalized spacial score (nSPS) is 12.4. The molecule has 0 amide bonds. The van der Waals surface area contributed by atoms with Crippen molar-refractivity contribution in [2.45, 2.75) is 34.1 Å². The number of amidine groups is 1. The largest absolute Gasteiger partial charge is 0.326 e. The number of benzene rings is 2. The quantitative estimate of drug-likeness (QED) is 0.185. The highest BCUT2D eigenvalue weighted by Gasteiger charge is 2.15. The fourth-order valence-electron chi connectivity index (χ4n) is 3.13. The van der Waals surface area contributed by atoms with Crippen LogP contribution >= 0.6 is 12.6 Å². The molecule has 0 saturated heterocycles. The molecule has 0 bridgehead atoms. The highest BCUT2D eigenvalue weighted by molar-refractivity contribution is 7.84. The average molecular weight is 407 g/mol. The molecule has 2 aromatic rings. The molecule has 152 valence electrons. The van der Waals surface area contributed by atoms with E-state index in [2.05, 4.69) is 61.6 Å². The number of hydrazone groups is 1. The molecular formula is C24H30N4S. The Labute approximate surface area is 179 Å². The summed E-state index contributed by atoms with van der Waals surface area (Å²) in [7, 11) is 1.84. The van der Waals surface area contributed by atoms with Crippen molar-refractivity contribution in [2.24, 2.45) is 10.9 Å². The van der Waals surface area contributed by atoms with Crippen molar-refractivity contribution < 1.29 is 0 Å². The second-order valence-electron chi connectivity index (χ2n) is 7.15. The molecule has 4 nitrogen and oxygen atoms in total. The Hall–Kier alpha value is -2.79. The lowest BCUT2D eigenvalue weighted by molar-refractivity contribution is 0.656. The van der Waals surface area contributed by atoms with Gasteiger partial charge in [0.15, 0.2) is 0 Å². The number of allylic oxidation sites excluding steroid dienone is 2. The standard InChI is InChI=1S/C24H30N4S/c1-7-21(24(29)28(6)17(5)27-26)23(25)19-10-8-18(9-11-19)22-13-12-20(15(2)3)14-16(22)4/h8-14,25,29H,2,7,26H2,1,3-6H3/b24-21+,25-23?,27-17-. The second kappa shape index (κ2) is 9.61. The summed E-state index contributed by atoms with van der Waals surface area (Å²) in [5, 5.41) is 13.1. The molecule has 2 rings (SSSR count). The minimum atomic E-state index is 0.454. The molecule has 0 spiro atoms. The summed E-state index contributed by atoms with van der Waals surface area (Å²) in [6, 6.07) is 14.5. The van der Waals surface area contributed by atoms with Gasteiger partial charge in [-0.15, -0.1) is 12.6 Å². The third kappa shape index (κ3) is 4.98. The molecule has 0 aliphatic heterocycles. The molecule has 29 heavy (non-hydrogen) atoms. The van der Waals surface area contributed by atoms with Crippen molar-refractivity contribution in [3.05, 3.63) is 76.3 Å². The maximum absolute atomic E-state index is 8.69. The van der Waals surface area contributed by atoms with Gasteiger partial charge in [0.05, 0.1) is 10.7 Å². The van der Waals surface area contributed by atoms with Crippen LogP contribution in [0.15, 0.2) is 64.7 Å². The van der Waals surface area contributed by atoms with Crippen LogP contribution in [0.5, 0.6) is 0 Å². The lowest BCUT2D eigenvalue weighted by Gasteiger charge is -2.22. The Morgan fingerprint density at radius 2 is 1.72 bits per heavy atom. The molecule has 5 heteroatoms. The fraction of sp³-hybridized carbons (Fsp3) is 0.250. The minimum absolute atomic E-state index is 0.454. The van der Waals surface area contributed by atoms with Crippen LogP contribution in [0.1, 0.15) is 43.9 Å². The molecule has 0 radical (unpaired) electrons. The Kier molecular flexibility index (Phi) is 7.46. The van der Waals surface area contributed by atoms with E-state index in [1.165, 1.54) is 11.1 Å². The van der Waals surface area contributed by atoms with E-state index in [4.69, 9.17) is 11.3 Å². The maximum atomic E-state index is 8.69. The van der Waals surface area contributed by atoms with Crippen LogP contribution < -0.4 is 5.84 Å². The number of hydrogen-bond acceptors (Lipinski definition) is 4. The monoisotopic (exact) mass is 406 g/mol. The van der Waals surface area contributed by atoms with Crippen LogP contribution in [0.4, 0.5) is 0 Å². The first-order valence-corrected chi connectivity index (χ1v) is 10.0. The van der Waals surface area contributed by atoms with Gasteiger partial charge < -0.3 is 10.7 Å². The Bertz CT molecular complexity index is 984. The zero-order valence-corrected chi connectivity index (χ0v) is 18.8. The molecule has 0 unspecified atom stereocenters. The summed E-state index contributed by atoms with van der Waals surface area (Å²) >= 11 is 4.62. The lowest BCUT2D eigenvalue weighted by Crippen LogP contribution is -2.25. The summed E-state index contributed by atoms with van der Waals surface area (Å²) in [4.78, 5) is 1.79. The van der Waals surface area contributed by atoms with Crippen molar-refractivity contribution in [1.82, 2.24) is 4.90 Å². The van der Waals surface area contributed by atoms with Gasteiger partial charge in [-0.3, -0.25) is 5.41 Å². The van der Waals surface area contributed by atoms with Gasteiger partial charge in [-0.05, 0) is 55.0 Å². The van der Waals surface area contributed by atoms with E-state index in [0.717, 1.165) is 27.8 Å². The van der Waals surface area contributed by atoms with Crippen LogP contribution in [0, 0.1) is 12.3 Å². The van der Waals surface area contributed by atoms with Gasteiger partial charge in [-0.25, -0.2) is 0 Å². The SMILES string of the molecule is C=C(C)c1ccc(-c2ccc(C(=N)/C(CC)=C(/S)N(C)/C(C)=N\N)cc2)c(C)c1. The molecule has 0 heterocycles. The molecule has 0 aromatic heterocycles. The molecule has 2 aromatic carbocycles. The third-order valence-electron chi connectivity index (χ3n) is 5.12. The molecule has 0 aliphatic rings. The van der Waals surface area contributed by atoms with Gasteiger partial charge >= 0.3 is 0 Å². The van der Waals surface area contributed by atoms with Gasteiger partial charge in [-0.1, -0.05) is 61.5 Å². The van der Waals surface area contributed by atoms with Crippen LogP contribution in [0.3, 0.4) is 0 Å². The summed E-state index contributed by atoms with van der Waals surface area (Å²) < 4.78 is 0. The molecule has 0 fully saturated rings. The number of nitrogens with zero attached hydrogens (tertiary/aromatic N) is 2. The van der Waals surface area contributed by atoms with Crippen LogP contribution in [-0.4, -0.2) is 23.5 Å². The van der Waals surface area contributed by atoms with E-state index in [1.807, 2.05) is 40.0 Å². The fourth-order valence-corrected chi connectivity index (χ4v) is 3.55. The topological polar surface area (TPSA) is 65.5 Å². The molecule has 0 atom stereocenters. The van der Waals surface area contributed by atoms with Crippen molar-refractivity contribution in [3.8, 4) is 11.1 Å². The zero-order chi connectivity index (χ0) is 21.7. The second-order valence-corrected chi connectivity index (χ2v) is 7.58. The van der Waals surface area contributed by atoms with Gasteiger partial charge in [-0.2, -0.15) is 5.10 Å². The summed E-state index contributed by atoms with van der Waals surface area (Å²) in [5.41, 5.74) is 7.88. The van der Waals surface area contributed by atoms with E-state index in [-0.39, 0.29) is 0 Å².